The van der Waals surface area contributed by atoms with Gasteiger partial charge >= 0.3 is 0 Å². The van der Waals surface area contributed by atoms with Gasteiger partial charge in [-0.2, -0.15) is 0 Å². The first kappa shape index (κ1) is 7.55. The Morgan fingerprint density at radius 3 is 2.18 bits per heavy atom. The molecule has 0 N–H and O–H groups in total. The van der Waals surface area contributed by atoms with Crippen molar-refractivity contribution in [1.82, 2.24) is 0 Å². The first-order valence-electron chi connectivity index (χ1n) is 4.02. The van der Waals surface area contributed by atoms with Crippen molar-refractivity contribution in [1.29, 1.82) is 0 Å². The third-order valence-electron chi connectivity index (χ3n) is 3.04. The number of hydrogen-bond donors (Lipinski definition) is 0. The predicted molar refractivity (Wildman–Crippen MR) is 38.9 cm³/mol. The molecule has 0 radical (unpaired) electrons. The normalized spacial score (nSPS) is 43.2. The summed E-state index contributed by atoms with van der Waals surface area (Å²) in [4.78, 5) is 0. The van der Waals surface area contributed by atoms with Crippen LogP contribution in [0.2, 0.25) is 0 Å². The monoisotopic (exact) mass is 175 g/mol. The van der Waals surface area contributed by atoms with Crippen LogP contribution in [-0.4, -0.2) is 18.2 Å². The van der Waals surface area contributed by atoms with E-state index in [-0.39, 0.29) is 5.92 Å². The Bertz CT molecular complexity index is 257. The van der Waals surface area contributed by atoms with E-state index in [0.29, 0.717) is 12.3 Å². The Kier molecular flexibility index (Phi) is 1.51. The number of fused-ring (bicyclic) bond motifs is 2. The molecule has 3 nitrogen and oxygen atoms in total. The van der Waals surface area contributed by atoms with Crippen molar-refractivity contribution in [2.75, 3.05) is 0 Å². The van der Waals surface area contributed by atoms with Crippen molar-refractivity contribution in [3.05, 3.63) is 0 Å². The summed E-state index contributed by atoms with van der Waals surface area (Å²) in [6, 6.07) is 0. The Balaban J connectivity index is 2.21. The van der Waals surface area contributed by atoms with E-state index in [9.17, 15) is 13.0 Å². The van der Waals surface area contributed by atoms with E-state index in [0.717, 1.165) is 19.3 Å². The Morgan fingerprint density at radius 2 is 1.91 bits per heavy atom. The summed E-state index contributed by atoms with van der Waals surface area (Å²) in [5.41, 5.74) is 0. The summed E-state index contributed by atoms with van der Waals surface area (Å²) in [5.74, 6) is 0.733. The van der Waals surface area contributed by atoms with E-state index in [4.69, 9.17) is 0 Å². The quantitative estimate of drug-likeness (QED) is 0.552. The van der Waals surface area contributed by atoms with Crippen molar-refractivity contribution in [3.8, 4) is 0 Å². The summed E-state index contributed by atoms with van der Waals surface area (Å²) >= 11 is 0. The van der Waals surface area contributed by atoms with E-state index in [1.807, 2.05) is 0 Å². The molecule has 0 aromatic carbocycles. The SMILES string of the molecule is O=S(=O)([O-])C1CC2CCC1C2. The highest BCUT2D eigenvalue weighted by Crippen LogP contribution is 2.46. The summed E-state index contributed by atoms with van der Waals surface area (Å²) in [6.07, 6.45) is 3.70. The first-order chi connectivity index (χ1) is 5.07. The van der Waals surface area contributed by atoms with Crippen molar-refractivity contribution < 1.29 is 13.0 Å². The van der Waals surface area contributed by atoms with Gasteiger partial charge in [0.15, 0.2) is 0 Å². The lowest BCUT2D eigenvalue weighted by Gasteiger charge is -2.24. The molecular weight excluding hydrogens is 164 g/mol. The molecule has 0 aromatic rings. The lowest BCUT2D eigenvalue weighted by Crippen LogP contribution is -2.26. The Morgan fingerprint density at radius 1 is 1.18 bits per heavy atom. The van der Waals surface area contributed by atoms with Crippen molar-refractivity contribution in [3.63, 3.8) is 0 Å². The summed E-state index contributed by atoms with van der Waals surface area (Å²) in [7, 11) is -3.98. The molecular formula is C7H11O3S-. The lowest BCUT2D eigenvalue weighted by molar-refractivity contribution is 0.403. The van der Waals surface area contributed by atoms with Crippen molar-refractivity contribution in [2.45, 2.75) is 30.9 Å². The highest BCUT2D eigenvalue weighted by molar-refractivity contribution is 7.86. The Hall–Kier alpha value is -0.0900. The second kappa shape index (κ2) is 2.20. The van der Waals surface area contributed by atoms with Gasteiger partial charge < -0.3 is 4.55 Å². The molecule has 0 aromatic heterocycles. The smallest absolute Gasteiger partial charge is 0.0978 e. The molecule has 11 heavy (non-hydrogen) atoms. The van der Waals surface area contributed by atoms with Crippen LogP contribution in [0.15, 0.2) is 0 Å². The average molecular weight is 175 g/mol. The van der Waals surface area contributed by atoms with Gasteiger partial charge in [0.2, 0.25) is 0 Å². The molecule has 4 heteroatoms. The van der Waals surface area contributed by atoms with Gasteiger partial charge in [0.25, 0.3) is 0 Å². The molecule has 2 bridgehead atoms. The molecule has 2 saturated carbocycles. The Labute approximate surface area is 66.5 Å². The second-order valence-electron chi connectivity index (χ2n) is 3.71. The molecule has 0 amide bonds. The van der Waals surface area contributed by atoms with E-state index < -0.39 is 15.4 Å². The minimum Gasteiger partial charge on any atom is -0.748 e. The fraction of sp³-hybridized carbons (Fsp3) is 1.00. The van der Waals surface area contributed by atoms with E-state index in [1.54, 1.807) is 0 Å². The van der Waals surface area contributed by atoms with Crippen LogP contribution in [0.3, 0.4) is 0 Å². The zero-order valence-electron chi connectivity index (χ0n) is 6.19. The fourth-order valence-electron chi connectivity index (χ4n) is 2.54. The van der Waals surface area contributed by atoms with Gasteiger partial charge in [-0.05, 0) is 31.1 Å². The highest BCUT2D eigenvalue weighted by atomic mass is 32.2. The molecule has 3 unspecified atom stereocenters. The van der Waals surface area contributed by atoms with Crippen LogP contribution in [0.25, 0.3) is 0 Å². The van der Waals surface area contributed by atoms with Gasteiger partial charge in [0, 0.05) is 0 Å². The van der Waals surface area contributed by atoms with Crippen LogP contribution >= 0.6 is 0 Å². The zero-order valence-corrected chi connectivity index (χ0v) is 7.01. The second-order valence-corrected chi connectivity index (χ2v) is 5.30. The largest absolute Gasteiger partial charge is 0.748 e. The third kappa shape index (κ3) is 1.18. The van der Waals surface area contributed by atoms with Crippen LogP contribution in [0, 0.1) is 11.8 Å². The van der Waals surface area contributed by atoms with Gasteiger partial charge in [0.05, 0.1) is 15.4 Å². The van der Waals surface area contributed by atoms with Gasteiger partial charge in [-0.15, -0.1) is 0 Å². The maximum Gasteiger partial charge on any atom is 0.0978 e. The maximum absolute atomic E-state index is 10.7. The van der Waals surface area contributed by atoms with Crippen LogP contribution in [-0.2, 0) is 10.1 Å². The van der Waals surface area contributed by atoms with E-state index >= 15 is 0 Å². The molecule has 0 spiro atoms. The van der Waals surface area contributed by atoms with Crippen molar-refractivity contribution >= 4 is 10.1 Å². The molecule has 3 atom stereocenters. The predicted octanol–water partition coefficient (Wildman–Crippen LogP) is 0.720. The van der Waals surface area contributed by atoms with Gasteiger partial charge in [-0.1, -0.05) is 6.42 Å². The van der Waals surface area contributed by atoms with E-state index in [1.165, 1.54) is 0 Å². The average Bonchev–Trinajstić information content (AvgIpc) is 2.42. The number of hydrogen-bond acceptors (Lipinski definition) is 3. The van der Waals surface area contributed by atoms with Gasteiger partial charge in [-0.3, -0.25) is 0 Å². The van der Waals surface area contributed by atoms with Crippen LogP contribution in [0.1, 0.15) is 25.7 Å². The molecule has 2 aliphatic rings. The molecule has 0 saturated heterocycles. The molecule has 0 aliphatic heterocycles. The molecule has 64 valence electrons. The highest BCUT2D eigenvalue weighted by Gasteiger charge is 2.42. The summed E-state index contributed by atoms with van der Waals surface area (Å²) in [5, 5.41) is -0.541. The van der Waals surface area contributed by atoms with Gasteiger partial charge in [-0.25, -0.2) is 8.42 Å². The number of rotatable bonds is 1. The van der Waals surface area contributed by atoms with Crippen molar-refractivity contribution in [2.24, 2.45) is 11.8 Å². The standard InChI is InChI=1S/C7H12O3S/c8-11(9,10)7-4-5-1-2-6(7)3-5/h5-7H,1-4H2,(H,8,9,10)/p-1. The van der Waals surface area contributed by atoms with E-state index in [2.05, 4.69) is 0 Å². The molecule has 2 rings (SSSR count). The minimum absolute atomic E-state index is 0.197. The summed E-state index contributed by atoms with van der Waals surface area (Å²) in [6.45, 7) is 0. The van der Waals surface area contributed by atoms with Gasteiger partial charge in [0.1, 0.15) is 0 Å². The molecule has 0 heterocycles. The third-order valence-corrected chi connectivity index (χ3v) is 4.36. The first-order valence-corrected chi connectivity index (χ1v) is 5.49. The molecule has 2 fully saturated rings. The minimum atomic E-state index is -3.98. The fourth-order valence-corrected chi connectivity index (χ4v) is 3.77. The topological polar surface area (TPSA) is 57.2 Å². The maximum atomic E-state index is 10.7. The van der Waals surface area contributed by atoms with Crippen LogP contribution in [0.4, 0.5) is 0 Å². The zero-order chi connectivity index (χ0) is 8.06. The lowest BCUT2D eigenvalue weighted by atomic mass is 10.0. The summed E-state index contributed by atoms with van der Waals surface area (Å²) < 4.78 is 32.0. The molecule has 2 aliphatic carbocycles. The van der Waals surface area contributed by atoms with Crippen LogP contribution in [0.5, 0.6) is 0 Å². The van der Waals surface area contributed by atoms with Crippen LogP contribution < -0.4 is 0 Å².